The number of hydrogen-bond acceptors (Lipinski definition) is 2. The molecule has 0 saturated heterocycles. The molecule has 1 aromatic rings. The number of hydrogen-bond donors (Lipinski definition) is 1. The van der Waals surface area contributed by atoms with E-state index in [4.69, 9.17) is 10.5 Å². The van der Waals surface area contributed by atoms with Gasteiger partial charge in [0.05, 0.1) is 11.6 Å². The highest BCUT2D eigenvalue weighted by Crippen LogP contribution is 2.43. The summed E-state index contributed by atoms with van der Waals surface area (Å²) < 4.78 is 19.6. The fraction of sp³-hybridized carbons (Fsp3) is 0.538. The molecule has 0 heterocycles. The van der Waals surface area contributed by atoms with Gasteiger partial charge in [-0.2, -0.15) is 0 Å². The second kappa shape index (κ2) is 4.58. The van der Waals surface area contributed by atoms with Gasteiger partial charge in [0, 0.05) is 16.7 Å². The summed E-state index contributed by atoms with van der Waals surface area (Å²) in [5, 5.41) is 0. The maximum atomic E-state index is 13.8. The van der Waals surface area contributed by atoms with E-state index in [1.54, 1.807) is 20.1 Å². The molecular weight excluding hydrogens is 285 g/mol. The van der Waals surface area contributed by atoms with Gasteiger partial charge in [0.1, 0.15) is 11.6 Å². The van der Waals surface area contributed by atoms with Crippen molar-refractivity contribution in [3.05, 3.63) is 27.5 Å². The van der Waals surface area contributed by atoms with Crippen molar-refractivity contribution >= 4 is 15.9 Å². The van der Waals surface area contributed by atoms with Crippen LogP contribution < -0.4 is 10.5 Å². The maximum absolute atomic E-state index is 13.8. The van der Waals surface area contributed by atoms with Crippen LogP contribution in [0.15, 0.2) is 10.5 Å². The van der Waals surface area contributed by atoms with E-state index < -0.39 is 0 Å². The Balaban J connectivity index is 2.60. The van der Waals surface area contributed by atoms with Gasteiger partial charge in [0.25, 0.3) is 0 Å². The van der Waals surface area contributed by atoms with E-state index in [9.17, 15) is 4.39 Å². The molecule has 1 aliphatic carbocycles. The first-order chi connectivity index (χ1) is 7.99. The van der Waals surface area contributed by atoms with E-state index in [2.05, 4.69) is 15.9 Å². The molecule has 1 saturated carbocycles. The number of rotatable bonds is 2. The fourth-order valence-electron chi connectivity index (χ4n) is 2.64. The lowest BCUT2D eigenvalue weighted by Crippen LogP contribution is -2.33. The zero-order chi connectivity index (χ0) is 12.6. The Morgan fingerprint density at radius 1 is 1.41 bits per heavy atom. The lowest BCUT2D eigenvalue weighted by molar-refractivity contribution is 0.372. The summed E-state index contributed by atoms with van der Waals surface area (Å²) in [5.41, 5.74) is 7.49. The minimum Gasteiger partial charge on any atom is -0.496 e. The van der Waals surface area contributed by atoms with Crippen molar-refractivity contribution in [2.45, 2.75) is 38.1 Å². The van der Waals surface area contributed by atoms with E-state index in [0.29, 0.717) is 15.8 Å². The van der Waals surface area contributed by atoms with Gasteiger partial charge in [-0.05, 0) is 41.8 Å². The normalized spacial score (nSPS) is 18.4. The van der Waals surface area contributed by atoms with Crippen LogP contribution in [0.25, 0.3) is 0 Å². The number of halogens is 2. The summed E-state index contributed by atoms with van der Waals surface area (Å²) in [6.45, 7) is 1.72. The first-order valence-corrected chi connectivity index (χ1v) is 6.61. The van der Waals surface area contributed by atoms with Gasteiger partial charge in [-0.25, -0.2) is 4.39 Å². The van der Waals surface area contributed by atoms with E-state index in [0.717, 1.165) is 31.2 Å². The second-order valence-corrected chi connectivity index (χ2v) is 5.60. The van der Waals surface area contributed by atoms with Gasteiger partial charge < -0.3 is 10.5 Å². The van der Waals surface area contributed by atoms with Crippen molar-refractivity contribution in [3.8, 4) is 5.75 Å². The summed E-state index contributed by atoms with van der Waals surface area (Å²) in [6, 6.07) is 1.77. The molecule has 0 spiro atoms. The molecule has 0 atom stereocenters. The average Bonchev–Trinajstić information content (AvgIpc) is 2.74. The lowest BCUT2D eigenvalue weighted by Gasteiger charge is -2.27. The molecule has 17 heavy (non-hydrogen) atoms. The Morgan fingerprint density at radius 3 is 2.53 bits per heavy atom. The average molecular weight is 302 g/mol. The van der Waals surface area contributed by atoms with Crippen molar-refractivity contribution in [2.24, 2.45) is 5.73 Å². The van der Waals surface area contributed by atoms with Crippen LogP contribution in [0, 0.1) is 12.7 Å². The molecule has 2 nitrogen and oxygen atoms in total. The standard InChI is InChI=1S/C13H17BrFNO/c1-8-11(15)10(14)7-9(12(8)17-2)13(16)5-3-4-6-13/h7H,3-6,16H2,1-2H3. The summed E-state index contributed by atoms with van der Waals surface area (Å²) >= 11 is 3.25. The zero-order valence-corrected chi connectivity index (χ0v) is 11.7. The topological polar surface area (TPSA) is 35.2 Å². The molecule has 1 fully saturated rings. The maximum Gasteiger partial charge on any atom is 0.143 e. The quantitative estimate of drug-likeness (QED) is 0.905. The molecular formula is C13H17BrFNO. The summed E-state index contributed by atoms with van der Waals surface area (Å²) in [6.07, 6.45) is 4.10. The van der Waals surface area contributed by atoms with E-state index in [-0.39, 0.29) is 11.4 Å². The third-order valence-electron chi connectivity index (χ3n) is 3.63. The van der Waals surface area contributed by atoms with Crippen LogP contribution in [0.1, 0.15) is 36.8 Å². The first-order valence-electron chi connectivity index (χ1n) is 5.81. The Bertz CT molecular complexity index is 442. The smallest absolute Gasteiger partial charge is 0.143 e. The lowest BCUT2D eigenvalue weighted by atomic mass is 9.87. The molecule has 4 heteroatoms. The summed E-state index contributed by atoms with van der Waals surface area (Å²) in [4.78, 5) is 0. The SMILES string of the molecule is COc1c(C2(N)CCCC2)cc(Br)c(F)c1C. The molecule has 1 aliphatic rings. The summed E-state index contributed by atoms with van der Waals surface area (Å²) in [7, 11) is 1.57. The van der Waals surface area contributed by atoms with Gasteiger partial charge in [-0.1, -0.05) is 12.8 Å². The third kappa shape index (κ3) is 2.08. The fourth-order valence-corrected chi connectivity index (χ4v) is 3.17. The van der Waals surface area contributed by atoms with Crippen LogP contribution in [0.5, 0.6) is 5.75 Å². The van der Waals surface area contributed by atoms with Gasteiger partial charge in [0.2, 0.25) is 0 Å². The van der Waals surface area contributed by atoms with Crippen LogP contribution in [0.2, 0.25) is 0 Å². The largest absolute Gasteiger partial charge is 0.496 e. The van der Waals surface area contributed by atoms with Crippen molar-refractivity contribution in [1.29, 1.82) is 0 Å². The Kier molecular flexibility index (Phi) is 3.46. The molecule has 2 rings (SSSR count). The highest BCUT2D eigenvalue weighted by molar-refractivity contribution is 9.10. The van der Waals surface area contributed by atoms with E-state index >= 15 is 0 Å². The van der Waals surface area contributed by atoms with Crippen LogP contribution in [-0.4, -0.2) is 7.11 Å². The highest BCUT2D eigenvalue weighted by Gasteiger charge is 2.35. The van der Waals surface area contributed by atoms with Crippen molar-refractivity contribution in [1.82, 2.24) is 0 Å². The van der Waals surface area contributed by atoms with Gasteiger partial charge >= 0.3 is 0 Å². The van der Waals surface area contributed by atoms with Gasteiger partial charge in [-0.3, -0.25) is 0 Å². The molecule has 2 N–H and O–H groups in total. The monoisotopic (exact) mass is 301 g/mol. The predicted octanol–water partition coefficient (Wildman–Crippen LogP) is 3.63. The first kappa shape index (κ1) is 12.8. The molecule has 0 radical (unpaired) electrons. The summed E-state index contributed by atoms with van der Waals surface area (Å²) in [5.74, 6) is 0.322. The molecule has 1 aromatic carbocycles. The molecule has 0 aromatic heterocycles. The Hall–Kier alpha value is -0.610. The number of nitrogens with two attached hydrogens (primary N) is 1. The highest BCUT2D eigenvalue weighted by atomic mass is 79.9. The van der Waals surface area contributed by atoms with Crippen LogP contribution >= 0.6 is 15.9 Å². The van der Waals surface area contributed by atoms with Gasteiger partial charge in [0.15, 0.2) is 0 Å². The Labute approximate surface area is 109 Å². The van der Waals surface area contributed by atoms with Gasteiger partial charge in [-0.15, -0.1) is 0 Å². The molecule has 0 amide bonds. The number of benzene rings is 1. The van der Waals surface area contributed by atoms with E-state index in [1.807, 2.05) is 0 Å². The van der Waals surface area contributed by atoms with Crippen LogP contribution in [-0.2, 0) is 5.54 Å². The molecule has 0 aliphatic heterocycles. The molecule has 94 valence electrons. The Morgan fingerprint density at radius 2 is 2.00 bits per heavy atom. The molecule has 0 unspecified atom stereocenters. The van der Waals surface area contributed by atoms with E-state index in [1.165, 1.54) is 0 Å². The molecule has 0 bridgehead atoms. The minimum atomic E-state index is -0.369. The van der Waals surface area contributed by atoms with Crippen molar-refractivity contribution < 1.29 is 9.13 Å². The predicted molar refractivity (Wildman–Crippen MR) is 69.7 cm³/mol. The number of methoxy groups -OCH3 is 1. The van der Waals surface area contributed by atoms with Crippen molar-refractivity contribution in [2.75, 3.05) is 7.11 Å². The zero-order valence-electron chi connectivity index (χ0n) is 10.1. The second-order valence-electron chi connectivity index (χ2n) is 4.74. The van der Waals surface area contributed by atoms with Crippen LogP contribution in [0.4, 0.5) is 4.39 Å². The number of ether oxygens (including phenoxy) is 1. The van der Waals surface area contributed by atoms with Crippen molar-refractivity contribution in [3.63, 3.8) is 0 Å². The van der Waals surface area contributed by atoms with Crippen LogP contribution in [0.3, 0.4) is 0 Å². The third-order valence-corrected chi connectivity index (χ3v) is 4.21. The minimum absolute atomic E-state index is 0.271.